The minimum absolute atomic E-state index is 0.447. The normalized spacial score (nSPS) is 17.7. The lowest BCUT2D eigenvalue weighted by molar-refractivity contribution is 0.416. The number of nitrogens with zero attached hydrogens (tertiary/aromatic N) is 3. The zero-order chi connectivity index (χ0) is 13.0. The smallest absolute Gasteiger partial charge is 0.0752 e. The predicted molar refractivity (Wildman–Crippen MR) is 76.1 cm³/mol. The van der Waals surface area contributed by atoms with E-state index in [9.17, 15) is 0 Å². The standard InChI is InChI=1S/C14H26N4/c1-4-7-15-13-5-8-17(9-6-13)14-10-16-18(11-14)12(2)3/h10-13,15H,4-9H2,1-3H3. The second-order valence-corrected chi connectivity index (χ2v) is 5.49. The molecule has 0 unspecified atom stereocenters. The maximum atomic E-state index is 4.42. The van der Waals surface area contributed by atoms with E-state index in [0.29, 0.717) is 12.1 Å². The maximum Gasteiger partial charge on any atom is 0.0752 e. The zero-order valence-electron chi connectivity index (χ0n) is 11.9. The first-order valence-corrected chi connectivity index (χ1v) is 7.23. The van der Waals surface area contributed by atoms with Crippen molar-refractivity contribution in [2.24, 2.45) is 0 Å². The largest absolute Gasteiger partial charge is 0.369 e. The summed E-state index contributed by atoms with van der Waals surface area (Å²) in [5.41, 5.74) is 1.28. The summed E-state index contributed by atoms with van der Waals surface area (Å²) in [6.45, 7) is 9.99. The van der Waals surface area contributed by atoms with Gasteiger partial charge in [-0.2, -0.15) is 5.10 Å². The molecule has 0 spiro atoms. The molecule has 0 aliphatic carbocycles. The highest BCUT2D eigenvalue weighted by molar-refractivity contribution is 5.42. The van der Waals surface area contributed by atoms with E-state index < -0.39 is 0 Å². The van der Waals surface area contributed by atoms with Crippen molar-refractivity contribution in [3.05, 3.63) is 12.4 Å². The molecule has 0 amide bonds. The van der Waals surface area contributed by atoms with Crippen LogP contribution < -0.4 is 10.2 Å². The minimum atomic E-state index is 0.447. The van der Waals surface area contributed by atoms with Gasteiger partial charge in [-0.1, -0.05) is 6.92 Å². The highest BCUT2D eigenvalue weighted by Gasteiger charge is 2.19. The topological polar surface area (TPSA) is 33.1 Å². The van der Waals surface area contributed by atoms with Crippen LogP contribution in [0.1, 0.15) is 46.1 Å². The number of anilines is 1. The van der Waals surface area contributed by atoms with E-state index in [0.717, 1.165) is 19.6 Å². The summed E-state index contributed by atoms with van der Waals surface area (Å²) in [5, 5.41) is 8.04. The van der Waals surface area contributed by atoms with E-state index in [-0.39, 0.29) is 0 Å². The van der Waals surface area contributed by atoms with Crippen LogP contribution in [-0.4, -0.2) is 35.5 Å². The number of rotatable bonds is 5. The average molecular weight is 250 g/mol. The highest BCUT2D eigenvalue weighted by Crippen LogP contribution is 2.20. The molecule has 0 radical (unpaired) electrons. The Bertz CT molecular complexity index is 350. The Balaban J connectivity index is 1.85. The Kier molecular flexibility index (Phi) is 4.64. The summed E-state index contributed by atoms with van der Waals surface area (Å²) in [6, 6.07) is 1.16. The van der Waals surface area contributed by atoms with Crippen molar-refractivity contribution in [2.45, 2.75) is 52.1 Å². The summed E-state index contributed by atoms with van der Waals surface area (Å²) in [6.07, 6.45) is 7.88. The second-order valence-electron chi connectivity index (χ2n) is 5.49. The lowest BCUT2D eigenvalue weighted by atomic mass is 10.0. The molecular weight excluding hydrogens is 224 g/mol. The molecule has 2 rings (SSSR count). The van der Waals surface area contributed by atoms with E-state index in [1.807, 2.05) is 10.9 Å². The van der Waals surface area contributed by atoms with Gasteiger partial charge in [-0.3, -0.25) is 4.68 Å². The van der Waals surface area contributed by atoms with Crippen LogP contribution in [0.5, 0.6) is 0 Å². The van der Waals surface area contributed by atoms with Crippen molar-refractivity contribution in [3.63, 3.8) is 0 Å². The van der Waals surface area contributed by atoms with Crippen LogP contribution in [0.15, 0.2) is 12.4 Å². The van der Waals surface area contributed by atoms with Crippen molar-refractivity contribution in [2.75, 3.05) is 24.5 Å². The molecule has 1 aliphatic rings. The molecule has 0 bridgehead atoms. The third kappa shape index (κ3) is 3.25. The van der Waals surface area contributed by atoms with Crippen LogP contribution >= 0.6 is 0 Å². The first-order chi connectivity index (χ1) is 8.70. The lowest BCUT2D eigenvalue weighted by Gasteiger charge is -2.33. The van der Waals surface area contributed by atoms with Crippen molar-refractivity contribution < 1.29 is 0 Å². The second kappa shape index (κ2) is 6.23. The molecule has 4 nitrogen and oxygen atoms in total. The Labute approximate surface area is 110 Å². The molecule has 18 heavy (non-hydrogen) atoms. The molecule has 4 heteroatoms. The molecule has 2 heterocycles. The zero-order valence-corrected chi connectivity index (χ0v) is 11.9. The Morgan fingerprint density at radius 2 is 2.11 bits per heavy atom. The van der Waals surface area contributed by atoms with Crippen LogP contribution in [0.3, 0.4) is 0 Å². The van der Waals surface area contributed by atoms with Crippen molar-refractivity contribution in [1.29, 1.82) is 0 Å². The van der Waals surface area contributed by atoms with Crippen molar-refractivity contribution in [1.82, 2.24) is 15.1 Å². The summed E-state index contributed by atoms with van der Waals surface area (Å²) >= 11 is 0. The van der Waals surface area contributed by atoms with Gasteiger partial charge in [0.25, 0.3) is 0 Å². The fraction of sp³-hybridized carbons (Fsp3) is 0.786. The number of hydrogen-bond donors (Lipinski definition) is 1. The number of hydrogen-bond acceptors (Lipinski definition) is 3. The summed E-state index contributed by atoms with van der Waals surface area (Å²) in [5.74, 6) is 0. The van der Waals surface area contributed by atoms with Gasteiger partial charge >= 0.3 is 0 Å². The predicted octanol–water partition coefficient (Wildman–Crippen LogP) is 2.43. The molecular formula is C14H26N4. The first-order valence-electron chi connectivity index (χ1n) is 7.23. The summed E-state index contributed by atoms with van der Waals surface area (Å²) in [4.78, 5) is 2.45. The maximum absolute atomic E-state index is 4.42. The average Bonchev–Trinajstić information content (AvgIpc) is 2.87. The third-order valence-corrected chi connectivity index (χ3v) is 3.66. The van der Waals surface area contributed by atoms with E-state index >= 15 is 0 Å². The lowest BCUT2D eigenvalue weighted by Crippen LogP contribution is -2.42. The van der Waals surface area contributed by atoms with Gasteiger partial charge in [-0.15, -0.1) is 0 Å². The number of aromatic nitrogens is 2. The molecule has 102 valence electrons. The molecule has 0 aromatic carbocycles. The van der Waals surface area contributed by atoms with E-state index in [1.54, 1.807) is 0 Å². The number of piperidine rings is 1. The van der Waals surface area contributed by atoms with Gasteiger partial charge in [-0.25, -0.2) is 0 Å². The van der Waals surface area contributed by atoms with Crippen molar-refractivity contribution in [3.8, 4) is 0 Å². The SMILES string of the molecule is CCCNC1CCN(c2cnn(C(C)C)c2)CC1. The Hall–Kier alpha value is -1.03. The first kappa shape index (κ1) is 13.4. The van der Waals surface area contributed by atoms with Crippen molar-refractivity contribution >= 4 is 5.69 Å². The monoisotopic (exact) mass is 250 g/mol. The quantitative estimate of drug-likeness (QED) is 0.871. The van der Waals surface area contributed by atoms with Gasteiger partial charge in [-0.05, 0) is 39.7 Å². The summed E-state index contributed by atoms with van der Waals surface area (Å²) < 4.78 is 2.04. The van der Waals surface area contributed by atoms with Gasteiger partial charge in [0.1, 0.15) is 0 Å². The van der Waals surface area contributed by atoms with E-state index in [2.05, 4.69) is 42.3 Å². The summed E-state index contributed by atoms with van der Waals surface area (Å²) in [7, 11) is 0. The Morgan fingerprint density at radius 1 is 1.39 bits per heavy atom. The minimum Gasteiger partial charge on any atom is -0.369 e. The fourth-order valence-corrected chi connectivity index (χ4v) is 2.46. The van der Waals surface area contributed by atoms with Crippen LogP contribution in [0, 0.1) is 0 Å². The molecule has 1 aromatic heterocycles. The molecule has 1 fully saturated rings. The van der Waals surface area contributed by atoms with Gasteiger partial charge in [0.2, 0.25) is 0 Å². The van der Waals surface area contributed by atoms with Gasteiger partial charge in [0, 0.05) is 31.4 Å². The molecule has 1 aliphatic heterocycles. The molecule has 0 atom stereocenters. The van der Waals surface area contributed by atoms with Crippen LogP contribution in [0.4, 0.5) is 5.69 Å². The van der Waals surface area contributed by atoms with Crippen LogP contribution in [0.2, 0.25) is 0 Å². The molecule has 0 saturated carbocycles. The van der Waals surface area contributed by atoms with E-state index in [1.165, 1.54) is 24.9 Å². The highest BCUT2D eigenvalue weighted by atomic mass is 15.3. The van der Waals surface area contributed by atoms with Gasteiger partial charge < -0.3 is 10.2 Å². The number of nitrogens with one attached hydrogen (secondary N) is 1. The van der Waals surface area contributed by atoms with Crippen LogP contribution in [0.25, 0.3) is 0 Å². The Morgan fingerprint density at radius 3 is 2.67 bits per heavy atom. The molecule has 1 saturated heterocycles. The molecule has 1 N–H and O–H groups in total. The van der Waals surface area contributed by atoms with Gasteiger partial charge in [0.15, 0.2) is 0 Å². The fourth-order valence-electron chi connectivity index (χ4n) is 2.46. The third-order valence-electron chi connectivity index (χ3n) is 3.66. The molecule has 1 aromatic rings. The van der Waals surface area contributed by atoms with E-state index in [4.69, 9.17) is 0 Å². The van der Waals surface area contributed by atoms with Gasteiger partial charge in [0.05, 0.1) is 11.9 Å². The van der Waals surface area contributed by atoms with Crippen LogP contribution in [-0.2, 0) is 0 Å².